The van der Waals surface area contributed by atoms with Gasteiger partial charge in [0, 0.05) is 25.0 Å². The standard InChI is InChI=1S/C10H17N3O2S2/c1-8(7-16-3)13-17(14,15)9-4-5-10(11-2)12-6-9/h4-6,8,13H,7H2,1-3H3,(H,11,12). The molecule has 0 radical (unpaired) electrons. The van der Waals surface area contributed by atoms with Crippen LogP contribution >= 0.6 is 11.8 Å². The van der Waals surface area contributed by atoms with Crippen LogP contribution in [0.3, 0.4) is 0 Å². The van der Waals surface area contributed by atoms with Gasteiger partial charge in [-0.1, -0.05) is 0 Å². The highest BCUT2D eigenvalue weighted by molar-refractivity contribution is 7.98. The molecular weight excluding hydrogens is 258 g/mol. The summed E-state index contributed by atoms with van der Waals surface area (Å²) in [7, 11) is -1.73. The average Bonchev–Trinajstić information content (AvgIpc) is 2.28. The van der Waals surface area contributed by atoms with Crippen molar-refractivity contribution in [3.05, 3.63) is 18.3 Å². The molecule has 0 aliphatic heterocycles. The monoisotopic (exact) mass is 275 g/mol. The summed E-state index contributed by atoms with van der Waals surface area (Å²) < 4.78 is 26.5. The normalized spacial score (nSPS) is 13.4. The second-order valence-electron chi connectivity index (χ2n) is 3.61. The van der Waals surface area contributed by atoms with Gasteiger partial charge in [-0.3, -0.25) is 0 Å². The maximum atomic E-state index is 11.9. The van der Waals surface area contributed by atoms with Crippen molar-refractivity contribution in [2.24, 2.45) is 0 Å². The van der Waals surface area contributed by atoms with Crippen molar-refractivity contribution < 1.29 is 8.42 Å². The highest BCUT2D eigenvalue weighted by Gasteiger charge is 2.17. The Morgan fingerprint density at radius 2 is 2.18 bits per heavy atom. The summed E-state index contributed by atoms with van der Waals surface area (Å²) in [5.41, 5.74) is 0. The van der Waals surface area contributed by atoms with E-state index in [4.69, 9.17) is 0 Å². The first-order valence-corrected chi connectivity index (χ1v) is 8.02. The number of anilines is 1. The van der Waals surface area contributed by atoms with Gasteiger partial charge in [-0.05, 0) is 25.3 Å². The molecule has 17 heavy (non-hydrogen) atoms. The Hall–Kier alpha value is -0.790. The van der Waals surface area contributed by atoms with E-state index in [0.29, 0.717) is 5.82 Å². The third-order valence-corrected chi connectivity index (χ3v) is 4.48. The van der Waals surface area contributed by atoms with Crippen molar-refractivity contribution in [1.29, 1.82) is 0 Å². The first-order chi connectivity index (χ1) is 7.99. The predicted octanol–water partition coefficient (Wildman–Crippen LogP) is 1.15. The van der Waals surface area contributed by atoms with E-state index in [-0.39, 0.29) is 10.9 Å². The molecule has 1 aromatic rings. The van der Waals surface area contributed by atoms with Gasteiger partial charge in [-0.2, -0.15) is 11.8 Å². The summed E-state index contributed by atoms with van der Waals surface area (Å²) in [6, 6.07) is 3.07. The van der Waals surface area contributed by atoms with Crippen LogP contribution in [0.1, 0.15) is 6.92 Å². The van der Waals surface area contributed by atoms with Gasteiger partial charge in [0.2, 0.25) is 10.0 Å². The molecule has 7 heteroatoms. The van der Waals surface area contributed by atoms with Crippen LogP contribution in [0.25, 0.3) is 0 Å². The molecule has 0 amide bonds. The lowest BCUT2D eigenvalue weighted by Crippen LogP contribution is -2.34. The molecular formula is C10H17N3O2S2. The molecule has 0 bridgehead atoms. The molecule has 1 atom stereocenters. The van der Waals surface area contributed by atoms with Crippen LogP contribution in [0.4, 0.5) is 5.82 Å². The minimum atomic E-state index is -3.46. The van der Waals surface area contributed by atoms with Gasteiger partial charge in [0.05, 0.1) is 0 Å². The highest BCUT2D eigenvalue weighted by atomic mass is 32.2. The minimum absolute atomic E-state index is 0.0982. The van der Waals surface area contributed by atoms with Crippen LogP contribution in [0, 0.1) is 0 Å². The van der Waals surface area contributed by atoms with Crippen molar-refractivity contribution in [2.75, 3.05) is 24.4 Å². The summed E-state index contributed by atoms with van der Waals surface area (Å²) in [6.07, 6.45) is 3.29. The number of pyridine rings is 1. The fourth-order valence-electron chi connectivity index (χ4n) is 1.30. The Labute approximate surface area is 106 Å². The molecule has 0 saturated heterocycles. The molecule has 96 valence electrons. The molecule has 1 heterocycles. The number of nitrogens with zero attached hydrogens (tertiary/aromatic N) is 1. The summed E-state index contributed by atoms with van der Waals surface area (Å²) in [5, 5.41) is 2.84. The number of hydrogen-bond acceptors (Lipinski definition) is 5. The number of sulfonamides is 1. The molecule has 1 unspecified atom stereocenters. The molecule has 0 spiro atoms. The van der Waals surface area contributed by atoms with E-state index in [0.717, 1.165) is 5.75 Å². The van der Waals surface area contributed by atoms with Crippen molar-refractivity contribution in [2.45, 2.75) is 17.9 Å². The van der Waals surface area contributed by atoms with Crippen LogP contribution in [0.15, 0.2) is 23.2 Å². The highest BCUT2D eigenvalue weighted by Crippen LogP contribution is 2.11. The second kappa shape index (κ2) is 6.23. The fourth-order valence-corrected chi connectivity index (χ4v) is 3.18. The summed E-state index contributed by atoms with van der Waals surface area (Å²) in [5.74, 6) is 1.38. The van der Waals surface area contributed by atoms with E-state index >= 15 is 0 Å². The zero-order valence-electron chi connectivity index (χ0n) is 10.1. The van der Waals surface area contributed by atoms with Crippen LogP contribution in [0.2, 0.25) is 0 Å². The van der Waals surface area contributed by atoms with Gasteiger partial charge < -0.3 is 5.32 Å². The summed E-state index contributed by atoms with van der Waals surface area (Å²) >= 11 is 1.60. The first-order valence-electron chi connectivity index (χ1n) is 5.14. The Morgan fingerprint density at radius 1 is 1.47 bits per heavy atom. The van der Waals surface area contributed by atoms with Crippen molar-refractivity contribution in [1.82, 2.24) is 9.71 Å². The zero-order chi connectivity index (χ0) is 12.9. The minimum Gasteiger partial charge on any atom is -0.373 e. The smallest absolute Gasteiger partial charge is 0.242 e. The molecule has 0 aliphatic rings. The third-order valence-electron chi connectivity index (χ3n) is 2.08. The van der Waals surface area contributed by atoms with Crippen LogP contribution < -0.4 is 10.0 Å². The van der Waals surface area contributed by atoms with Gasteiger partial charge in [0.1, 0.15) is 10.7 Å². The third kappa shape index (κ3) is 4.18. The van der Waals surface area contributed by atoms with Crippen LogP contribution in [-0.4, -0.2) is 38.5 Å². The fraction of sp³-hybridized carbons (Fsp3) is 0.500. The molecule has 1 aromatic heterocycles. The molecule has 0 aromatic carbocycles. The molecule has 2 N–H and O–H groups in total. The second-order valence-corrected chi connectivity index (χ2v) is 6.23. The number of hydrogen-bond donors (Lipinski definition) is 2. The molecule has 0 fully saturated rings. The lowest BCUT2D eigenvalue weighted by Gasteiger charge is -2.12. The van der Waals surface area contributed by atoms with Crippen molar-refractivity contribution in [3.8, 4) is 0 Å². The largest absolute Gasteiger partial charge is 0.373 e. The van der Waals surface area contributed by atoms with Crippen LogP contribution in [-0.2, 0) is 10.0 Å². The van der Waals surface area contributed by atoms with Crippen molar-refractivity contribution >= 4 is 27.6 Å². The summed E-state index contributed by atoms with van der Waals surface area (Å²) in [6.45, 7) is 1.84. The van der Waals surface area contributed by atoms with E-state index in [1.165, 1.54) is 12.3 Å². The van der Waals surface area contributed by atoms with Gasteiger partial charge in [0.15, 0.2) is 0 Å². The molecule has 5 nitrogen and oxygen atoms in total. The van der Waals surface area contributed by atoms with Gasteiger partial charge in [-0.15, -0.1) is 0 Å². The molecule has 0 saturated carbocycles. The number of nitrogens with one attached hydrogen (secondary N) is 2. The van der Waals surface area contributed by atoms with Gasteiger partial charge >= 0.3 is 0 Å². The predicted molar refractivity (Wildman–Crippen MR) is 71.9 cm³/mol. The van der Waals surface area contributed by atoms with E-state index in [2.05, 4.69) is 15.0 Å². The topological polar surface area (TPSA) is 71.1 Å². The number of aromatic nitrogens is 1. The molecule has 1 rings (SSSR count). The van der Waals surface area contributed by atoms with Crippen molar-refractivity contribution in [3.63, 3.8) is 0 Å². The lowest BCUT2D eigenvalue weighted by atomic mass is 10.4. The average molecular weight is 275 g/mol. The molecule has 0 aliphatic carbocycles. The zero-order valence-corrected chi connectivity index (χ0v) is 11.7. The van der Waals surface area contributed by atoms with Gasteiger partial charge in [-0.25, -0.2) is 18.1 Å². The van der Waals surface area contributed by atoms with E-state index < -0.39 is 10.0 Å². The quantitative estimate of drug-likeness (QED) is 0.815. The summed E-state index contributed by atoms with van der Waals surface area (Å²) in [4.78, 5) is 4.17. The Bertz CT molecular complexity index is 445. The maximum Gasteiger partial charge on any atom is 0.242 e. The number of thioether (sulfide) groups is 1. The number of rotatable bonds is 6. The van der Waals surface area contributed by atoms with Crippen LogP contribution in [0.5, 0.6) is 0 Å². The Kier molecular flexibility index (Phi) is 5.23. The van der Waals surface area contributed by atoms with E-state index in [9.17, 15) is 8.42 Å². The Balaban J connectivity index is 2.82. The SMILES string of the molecule is CNc1ccc(S(=O)(=O)NC(C)CSC)cn1. The maximum absolute atomic E-state index is 11.9. The van der Waals surface area contributed by atoms with E-state index in [1.54, 1.807) is 24.9 Å². The van der Waals surface area contributed by atoms with E-state index in [1.807, 2.05) is 13.2 Å². The Morgan fingerprint density at radius 3 is 2.65 bits per heavy atom. The first kappa shape index (κ1) is 14.3. The van der Waals surface area contributed by atoms with Gasteiger partial charge in [0.25, 0.3) is 0 Å². The lowest BCUT2D eigenvalue weighted by molar-refractivity contribution is 0.570.